The van der Waals surface area contributed by atoms with Crippen LogP contribution in [0.2, 0.25) is 0 Å². The number of hydrogen-bond donors (Lipinski definition) is 1. The Labute approximate surface area is 99.5 Å². The largest absolute Gasteiger partial charge is 0.377 e. The second-order valence-electron chi connectivity index (χ2n) is 4.16. The average Bonchev–Trinajstić information content (AvgIpc) is 2.40. The van der Waals surface area contributed by atoms with Crippen LogP contribution < -0.4 is 5.32 Å². The van der Waals surface area contributed by atoms with Gasteiger partial charge in [0.15, 0.2) is 5.78 Å². The molecule has 3 rings (SSSR count). The van der Waals surface area contributed by atoms with Crippen LogP contribution in [-0.2, 0) is 0 Å². The van der Waals surface area contributed by atoms with Gasteiger partial charge in [-0.3, -0.25) is 9.78 Å². The number of pyridine rings is 1. The van der Waals surface area contributed by atoms with Crippen molar-refractivity contribution in [1.29, 1.82) is 0 Å². The molecule has 0 saturated carbocycles. The minimum atomic E-state index is 0.0334. The summed E-state index contributed by atoms with van der Waals surface area (Å²) < 4.78 is 0. The number of aromatic nitrogens is 1. The number of para-hydroxylation sites is 1. The SMILES string of the molecule is O=C1CC(c2cccnc2)Nc2ccccc21. The normalized spacial score (nSPS) is 18.4. The van der Waals surface area contributed by atoms with E-state index < -0.39 is 0 Å². The van der Waals surface area contributed by atoms with Crippen LogP contribution >= 0.6 is 0 Å². The molecule has 0 fully saturated rings. The van der Waals surface area contributed by atoms with E-state index in [0.29, 0.717) is 6.42 Å². The summed E-state index contributed by atoms with van der Waals surface area (Å²) in [7, 11) is 0. The lowest BCUT2D eigenvalue weighted by molar-refractivity contribution is 0.0972. The molecule has 2 aromatic rings. The Balaban J connectivity index is 1.97. The topological polar surface area (TPSA) is 42.0 Å². The Morgan fingerprint density at radius 3 is 2.88 bits per heavy atom. The zero-order valence-corrected chi connectivity index (χ0v) is 9.26. The highest BCUT2D eigenvalue weighted by Gasteiger charge is 2.24. The molecule has 1 aromatic carbocycles. The fraction of sp³-hybridized carbons (Fsp3) is 0.143. The van der Waals surface area contributed by atoms with Gasteiger partial charge in [0.05, 0.1) is 6.04 Å². The molecule has 0 aliphatic carbocycles. The number of carbonyl (C=O) groups excluding carboxylic acids is 1. The molecule has 3 heteroatoms. The van der Waals surface area contributed by atoms with Gasteiger partial charge < -0.3 is 5.32 Å². The molecule has 0 saturated heterocycles. The predicted octanol–water partition coefficient (Wildman–Crippen LogP) is 2.82. The molecule has 0 amide bonds. The van der Waals surface area contributed by atoms with Crippen molar-refractivity contribution in [3.05, 3.63) is 59.9 Å². The zero-order valence-electron chi connectivity index (χ0n) is 9.26. The van der Waals surface area contributed by atoms with E-state index in [0.717, 1.165) is 16.8 Å². The second-order valence-corrected chi connectivity index (χ2v) is 4.16. The Kier molecular flexibility index (Phi) is 2.37. The number of ketones is 1. The minimum Gasteiger partial charge on any atom is -0.377 e. The molecule has 1 aromatic heterocycles. The van der Waals surface area contributed by atoms with Gasteiger partial charge in [-0.05, 0) is 23.8 Å². The van der Waals surface area contributed by atoms with Gasteiger partial charge in [-0.2, -0.15) is 0 Å². The van der Waals surface area contributed by atoms with E-state index >= 15 is 0 Å². The first-order valence-corrected chi connectivity index (χ1v) is 5.63. The fourth-order valence-corrected chi connectivity index (χ4v) is 2.17. The molecule has 17 heavy (non-hydrogen) atoms. The summed E-state index contributed by atoms with van der Waals surface area (Å²) in [4.78, 5) is 16.1. The standard InChI is InChI=1S/C14H12N2O/c17-14-8-13(10-4-3-7-15-9-10)16-12-6-2-1-5-11(12)14/h1-7,9,13,16H,8H2. The van der Waals surface area contributed by atoms with Gasteiger partial charge >= 0.3 is 0 Å². The van der Waals surface area contributed by atoms with Gasteiger partial charge in [0, 0.05) is 30.1 Å². The summed E-state index contributed by atoms with van der Waals surface area (Å²) in [5.41, 5.74) is 2.75. The first-order chi connectivity index (χ1) is 8.34. The van der Waals surface area contributed by atoms with Crippen LogP contribution in [-0.4, -0.2) is 10.8 Å². The first-order valence-electron chi connectivity index (χ1n) is 5.63. The summed E-state index contributed by atoms with van der Waals surface area (Å²) in [5.74, 6) is 0.188. The zero-order chi connectivity index (χ0) is 11.7. The Hall–Kier alpha value is -2.16. The van der Waals surface area contributed by atoms with E-state index in [4.69, 9.17) is 0 Å². The maximum Gasteiger partial charge on any atom is 0.167 e. The molecule has 0 bridgehead atoms. The van der Waals surface area contributed by atoms with Crippen LogP contribution in [0.25, 0.3) is 0 Å². The van der Waals surface area contributed by atoms with Crippen LogP contribution in [0.1, 0.15) is 28.4 Å². The molecular weight excluding hydrogens is 212 g/mol. The highest BCUT2D eigenvalue weighted by atomic mass is 16.1. The van der Waals surface area contributed by atoms with E-state index in [-0.39, 0.29) is 11.8 Å². The van der Waals surface area contributed by atoms with Crippen molar-refractivity contribution < 1.29 is 4.79 Å². The van der Waals surface area contributed by atoms with Crippen molar-refractivity contribution in [3.63, 3.8) is 0 Å². The number of benzene rings is 1. The molecule has 0 radical (unpaired) electrons. The number of fused-ring (bicyclic) bond motifs is 1. The van der Waals surface area contributed by atoms with E-state index in [1.54, 1.807) is 12.4 Å². The van der Waals surface area contributed by atoms with Crippen molar-refractivity contribution in [3.8, 4) is 0 Å². The molecule has 1 aliphatic rings. The van der Waals surface area contributed by atoms with E-state index in [1.165, 1.54) is 0 Å². The summed E-state index contributed by atoms with van der Waals surface area (Å²) in [6.07, 6.45) is 4.03. The molecule has 1 unspecified atom stereocenters. The Bertz CT molecular complexity index is 551. The van der Waals surface area contributed by atoms with E-state index in [2.05, 4.69) is 10.3 Å². The number of carbonyl (C=O) groups is 1. The molecular formula is C14H12N2O. The van der Waals surface area contributed by atoms with Crippen molar-refractivity contribution >= 4 is 11.5 Å². The highest BCUT2D eigenvalue weighted by Crippen LogP contribution is 2.31. The molecule has 84 valence electrons. The van der Waals surface area contributed by atoms with Crippen molar-refractivity contribution in [2.75, 3.05) is 5.32 Å². The van der Waals surface area contributed by atoms with Crippen LogP contribution in [0.15, 0.2) is 48.8 Å². The van der Waals surface area contributed by atoms with Gasteiger partial charge in [-0.25, -0.2) is 0 Å². The van der Waals surface area contributed by atoms with Crippen molar-refractivity contribution in [2.24, 2.45) is 0 Å². The monoisotopic (exact) mass is 224 g/mol. The van der Waals surface area contributed by atoms with Crippen LogP contribution in [0, 0.1) is 0 Å². The lowest BCUT2D eigenvalue weighted by Crippen LogP contribution is -2.22. The van der Waals surface area contributed by atoms with Crippen LogP contribution in [0.4, 0.5) is 5.69 Å². The molecule has 2 heterocycles. The van der Waals surface area contributed by atoms with Crippen LogP contribution in [0.3, 0.4) is 0 Å². The van der Waals surface area contributed by atoms with Gasteiger partial charge in [-0.1, -0.05) is 18.2 Å². The summed E-state index contributed by atoms with van der Waals surface area (Å²) in [6.45, 7) is 0. The summed E-state index contributed by atoms with van der Waals surface area (Å²) >= 11 is 0. The number of nitrogens with zero attached hydrogens (tertiary/aromatic N) is 1. The third kappa shape index (κ3) is 1.80. The first kappa shape index (κ1) is 10.0. The smallest absolute Gasteiger partial charge is 0.167 e. The third-order valence-electron chi connectivity index (χ3n) is 3.03. The summed E-state index contributed by atoms with van der Waals surface area (Å²) in [5, 5.41) is 3.38. The quantitative estimate of drug-likeness (QED) is 0.809. The predicted molar refractivity (Wildman–Crippen MR) is 66.0 cm³/mol. The Morgan fingerprint density at radius 2 is 2.06 bits per heavy atom. The number of Topliss-reactive ketones (excluding diaryl/α,β-unsaturated/α-hetero) is 1. The van der Waals surface area contributed by atoms with E-state index in [9.17, 15) is 4.79 Å². The molecule has 1 aliphatic heterocycles. The number of nitrogens with one attached hydrogen (secondary N) is 1. The average molecular weight is 224 g/mol. The van der Waals surface area contributed by atoms with Gasteiger partial charge in [0.1, 0.15) is 0 Å². The molecule has 1 atom stereocenters. The van der Waals surface area contributed by atoms with Crippen LogP contribution in [0.5, 0.6) is 0 Å². The number of hydrogen-bond acceptors (Lipinski definition) is 3. The Morgan fingerprint density at radius 1 is 1.18 bits per heavy atom. The molecule has 3 nitrogen and oxygen atoms in total. The maximum absolute atomic E-state index is 12.0. The third-order valence-corrected chi connectivity index (χ3v) is 3.03. The lowest BCUT2D eigenvalue weighted by atomic mass is 9.93. The number of anilines is 1. The van der Waals surface area contributed by atoms with Crippen molar-refractivity contribution in [1.82, 2.24) is 4.98 Å². The fourth-order valence-electron chi connectivity index (χ4n) is 2.17. The molecule has 1 N–H and O–H groups in total. The lowest BCUT2D eigenvalue weighted by Gasteiger charge is -2.26. The maximum atomic E-state index is 12.0. The van der Waals surface area contributed by atoms with Gasteiger partial charge in [0.2, 0.25) is 0 Å². The minimum absolute atomic E-state index is 0.0334. The van der Waals surface area contributed by atoms with E-state index in [1.807, 2.05) is 36.4 Å². The highest BCUT2D eigenvalue weighted by molar-refractivity contribution is 6.03. The van der Waals surface area contributed by atoms with Crippen molar-refractivity contribution in [2.45, 2.75) is 12.5 Å². The van der Waals surface area contributed by atoms with Gasteiger partial charge in [-0.15, -0.1) is 0 Å². The second kappa shape index (κ2) is 4.01. The summed E-state index contributed by atoms with van der Waals surface area (Å²) in [6, 6.07) is 11.5. The molecule has 0 spiro atoms. The number of rotatable bonds is 1. The van der Waals surface area contributed by atoms with Gasteiger partial charge in [0.25, 0.3) is 0 Å².